The van der Waals surface area contributed by atoms with Crippen LogP contribution in [-0.4, -0.2) is 31.7 Å². The fourth-order valence-electron chi connectivity index (χ4n) is 1.14. The molecular formula is C12H19N3OS. The number of hydrogen-bond acceptors (Lipinski definition) is 5. The van der Waals surface area contributed by atoms with Crippen molar-refractivity contribution < 1.29 is 4.74 Å². The van der Waals surface area contributed by atoms with Crippen molar-refractivity contribution in [2.45, 2.75) is 25.9 Å². The van der Waals surface area contributed by atoms with Crippen LogP contribution in [0.25, 0.3) is 0 Å². The fraction of sp³-hybridized carbons (Fsp3) is 0.583. The van der Waals surface area contributed by atoms with Gasteiger partial charge in [0.15, 0.2) is 5.13 Å². The lowest BCUT2D eigenvalue weighted by molar-refractivity contribution is 0.391. The summed E-state index contributed by atoms with van der Waals surface area (Å²) in [4.78, 5) is 7.40. The zero-order valence-electron chi connectivity index (χ0n) is 11.0. The number of methoxy groups -OCH3 is 1. The van der Waals surface area contributed by atoms with E-state index in [2.05, 4.69) is 16.2 Å². The number of hydrogen-bond donors (Lipinski definition) is 1. The van der Waals surface area contributed by atoms with Gasteiger partial charge in [-0.15, -0.1) is 6.42 Å². The van der Waals surface area contributed by atoms with Crippen LogP contribution >= 0.6 is 11.3 Å². The highest BCUT2D eigenvalue weighted by atomic mass is 32.1. The molecule has 0 fully saturated rings. The molecule has 1 heterocycles. The van der Waals surface area contributed by atoms with Gasteiger partial charge in [-0.2, -0.15) is 4.98 Å². The maximum absolute atomic E-state index is 5.43. The van der Waals surface area contributed by atoms with Crippen LogP contribution in [0.3, 0.4) is 0 Å². The van der Waals surface area contributed by atoms with Crippen LogP contribution in [0, 0.1) is 12.3 Å². The third-order valence-corrected chi connectivity index (χ3v) is 3.48. The summed E-state index contributed by atoms with van der Waals surface area (Å²) in [6.07, 6.45) is 5.43. The zero-order valence-corrected chi connectivity index (χ0v) is 11.8. The first-order chi connectivity index (χ1) is 7.89. The van der Waals surface area contributed by atoms with E-state index in [0.29, 0.717) is 12.4 Å². The highest BCUT2D eigenvalue weighted by Crippen LogP contribution is 2.30. The molecule has 0 atom stereocenters. The zero-order chi connectivity index (χ0) is 13.1. The van der Waals surface area contributed by atoms with Crippen LogP contribution in [0.5, 0.6) is 5.88 Å². The first-order valence-corrected chi connectivity index (χ1v) is 6.15. The third-order valence-electron chi connectivity index (χ3n) is 2.28. The molecule has 0 aliphatic heterocycles. The molecule has 1 rings (SSSR count). The van der Waals surface area contributed by atoms with Crippen LogP contribution in [0.4, 0.5) is 5.13 Å². The molecule has 94 valence electrons. The fourth-order valence-corrected chi connectivity index (χ4v) is 2.03. The number of nitrogens with zero attached hydrogens (tertiary/aromatic N) is 2. The van der Waals surface area contributed by atoms with Gasteiger partial charge in [-0.1, -0.05) is 17.3 Å². The summed E-state index contributed by atoms with van der Waals surface area (Å²) < 4.78 is 5.26. The topological polar surface area (TPSA) is 37.4 Å². The molecule has 0 amide bonds. The molecule has 0 spiro atoms. The summed E-state index contributed by atoms with van der Waals surface area (Å²) >= 11 is 1.60. The first-order valence-electron chi connectivity index (χ1n) is 5.33. The number of anilines is 1. The van der Waals surface area contributed by atoms with Crippen LogP contribution < -0.4 is 15.0 Å². The van der Waals surface area contributed by atoms with Crippen molar-refractivity contribution in [3.63, 3.8) is 0 Å². The molecule has 1 aromatic heterocycles. The van der Waals surface area contributed by atoms with E-state index in [1.54, 1.807) is 18.4 Å². The highest BCUT2D eigenvalue weighted by Gasteiger charge is 2.17. The quantitative estimate of drug-likeness (QED) is 0.811. The molecule has 5 heteroatoms. The Labute approximate surface area is 107 Å². The molecule has 0 saturated carbocycles. The SMILES string of the molecule is C#CC(C)(C)NCc1sc(N(C)C)nc1OC. The van der Waals surface area contributed by atoms with Crippen molar-refractivity contribution in [3.8, 4) is 18.2 Å². The lowest BCUT2D eigenvalue weighted by Crippen LogP contribution is -2.36. The lowest BCUT2D eigenvalue weighted by Gasteiger charge is -2.18. The van der Waals surface area contributed by atoms with Crippen molar-refractivity contribution >= 4 is 16.5 Å². The summed E-state index contributed by atoms with van der Waals surface area (Å²) in [7, 11) is 5.55. The molecule has 4 nitrogen and oxygen atoms in total. The van der Waals surface area contributed by atoms with Crippen molar-refractivity contribution in [1.82, 2.24) is 10.3 Å². The van der Waals surface area contributed by atoms with E-state index in [1.807, 2.05) is 32.8 Å². The normalized spacial score (nSPS) is 11.1. The van der Waals surface area contributed by atoms with Gasteiger partial charge in [-0.3, -0.25) is 5.32 Å². The van der Waals surface area contributed by atoms with Gasteiger partial charge in [0.2, 0.25) is 5.88 Å². The van der Waals surface area contributed by atoms with E-state index in [9.17, 15) is 0 Å². The molecule has 0 saturated heterocycles. The summed E-state index contributed by atoms with van der Waals surface area (Å²) in [5, 5.41) is 4.22. The van der Waals surface area contributed by atoms with E-state index < -0.39 is 0 Å². The van der Waals surface area contributed by atoms with Crippen molar-refractivity contribution in [2.75, 3.05) is 26.1 Å². The minimum atomic E-state index is -0.326. The summed E-state index contributed by atoms with van der Waals surface area (Å²) in [5.41, 5.74) is -0.326. The van der Waals surface area contributed by atoms with Crippen molar-refractivity contribution in [3.05, 3.63) is 4.88 Å². The molecule has 0 aliphatic carbocycles. The Kier molecular flexibility index (Phi) is 4.38. The predicted octanol–water partition coefficient (Wildman–Crippen LogP) is 1.72. The Morgan fingerprint density at radius 1 is 1.53 bits per heavy atom. The second kappa shape index (κ2) is 5.39. The minimum absolute atomic E-state index is 0.326. The molecule has 0 aliphatic rings. The molecule has 0 unspecified atom stereocenters. The number of aromatic nitrogens is 1. The van der Waals surface area contributed by atoms with E-state index >= 15 is 0 Å². The smallest absolute Gasteiger partial charge is 0.230 e. The Morgan fingerprint density at radius 2 is 2.18 bits per heavy atom. The van der Waals surface area contributed by atoms with E-state index in [-0.39, 0.29) is 5.54 Å². The monoisotopic (exact) mass is 253 g/mol. The lowest BCUT2D eigenvalue weighted by atomic mass is 10.1. The van der Waals surface area contributed by atoms with Gasteiger partial charge in [-0.05, 0) is 13.8 Å². The largest absolute Gasteiger partial charge is 0.480 e. The number of ether oxygens (including phenoxy) is 1. The Balaban J connectivity index is 2.81. The summed E-state index contributed by atoms with van der Waals surface area (Å²) in [5.74, 6) is 3.37. The van der Waals surface area contributed by atoms with Gasteiger partial charge >= 0.3 is 0 Å². The van der Waals surface area contributed by atoms with Gasteiger partial charge in [-0.25, -0.2) is 0 Å². The van der Waals surface area contributed by atoms with E-state index in [4.69, 9.17) is 11.2 Å². The molecule has 1 N–H and O–H groups in total. The van der Waals surface area contributed by atoms with Crippen molar-refractivity contribution in [1.29, 1.82) is 0 Å². The second-order valence-corrected chi connectivity index (χ2v) is 5.51. The van der Waals surface area contributed by atoms with Crippen LogP contribution in [0.15, 0.2) is 0 Å². The van der Waals surface area contributed by atoms with E-state index in [1.165, 1.54) is 0 Å². The third kappa shape index (κ3) is 3.62. The number of terminal acetylenes is 1. The summed E-state index contributed by atoms with van der Waals surface area (Å²) in [6, 6.07) is 0. The number of rotatable bonds is 5. The van der Waals surface area contributed by atoms with E-state index in [0.717, 1.165) is 10.0 Å². The van der Waals surface area contributed by atoms with Crippen LogP contribution in [0.1, 0.15) is 18.7 Å². The van der Waals surface area contributed by atoms with Crippen molar-refractivity contribution in [2.24, 2.45) is 0 Å². The molecule has 17 heavy (non-hydrogen) atoms. The Hall–Kier alpha value is -1.25. The maximum atomic E-state index is 5.43. The average molecular weight is 253 g/mol. The molecular weight excluding hydrogens is 234 g/mol. The van der Waals surface area contributed by atoms with Gasteiger partial charge < -0.3 is 9.64 Å². The Bertz CT molecular complexity index is 418. The highest BCUT2D eigenvalue weighted by molar-refractivity contribution is 7.15. The average Bonchev–Trinajstić information content (AvgIpc) is 2.70. The van der Waals surface area contributed by atoms with Crippen LogP contribution in [-0.2, 0) is 6.54 Å². The number of nitrogens with one attached hydrogen (secondary N) is 1. The Morgan fingerprint density at radius 3 is 2.65 bits per heavy atom. The number of thiazole rings is 1. The van der Waals surface area contributed by atoms with Gasteiger partial charge in [0, 0.05) is 20.6 Å². The maximum Gasteiger partial charge on any atom is 0.230 e. The standard InChI is InChI=1S/C12H19N3OS/c1-7-12(2,3)13-8-9-10(16-6)14-11(17-9)15(4)5/h1,13H,8H2,2-6H3. The first kappa shape index (κ1) is 13.8. The second-order valence-electron chi connectivity index (χ2n) is 4.45. The van der Waals surface area contributed by atoms with Gasteiger partial charge in [0.25, 0.3) is 0 Å². The van der Waals surface area contributed by atoms with Gasteiger partial charge in [0.05, 0.1) is 17.5 Å². The minimum Gasteiger partial charge on any atom is -0.480 e. The van der Waals surface area contributed by atoms with Crippen LogP contribution in [0.2, 0.25) is 0 Å². The molecule has 1 aromatic rings. The molecule has 0 bridgehead atoms. The molecule has 0 aromatic carbocycles. The molecule has 0 radical (unpaired) electrons. The summed E-state index contributed by atoms with van der Waals surface area (Å²) in [6.45, 7) is 4.59. The predicted molar refractivity (Wildman–Crippen MR) is 72.7 cm³/mol. The van der Waals surface area contributed by atoms with Gasteiger partial charge in [0.1, 0.15) is 0 Å².